The van der Waals surface area contributed by atoms with Crippen molar-refractivity contribution in [3.8, 4) is 0 Å². The van der Waals surface area contributed by atoms with E-state index in [1.807, 2.05) is 0 Å². The third-order valence-corrected chi connectivity index (χ3v) is 0.400. The summed E-state index contributed by atoms with van der Waals surface area (Å²) in [5.74, 6) is -1.11. The Morgan fingerprint density at radius 1 is 1.62 bits per heavy atom. The van der Waals surface area contributed by atoms with Crippen molar-refractivity contribution in [2.24, 2.45) is 0 Å². The van der Waals surface area contributed by atoms with Crippen molar-refractivity contribution < 1.29 is 19.4 Å². The minimum absolute atomic E-state index is 0.256. The third-order valence-electron chi connectivity index (χ3n) is 0.400. The van der Waals surface area contributed by atoms with Gasteiger partial charge in [0.1, 0.15) is 13.2 Å². The fourth-order valence-corrected chi connectivity index (χ4v) is 0.164. The molecular formula is C4H4O4. The SMILES string of the molecule is [O]CCOC(=O)[C]=O. The second-order valence-corrected chi connectivity index (χ2v) is 0.942. The number of rotatable bonds is 3. The molecule has 0 bridgehead atoms. The topological polar surface area (TPSA) is 63.3 Å². The van der Waals surface area contributed by atoms with Gasteiger partial charge in [0.25, 0.3) is 0 Å². The molecule has 0 aromatic rings. The van der Waals surface area contributed by atoms with Crippen LogP contribution in [0.2, 0.25) is 0 Å². The Morgan fingerprint density at radius 3 is 2.62 bits per heavy atom. The van der Waals surface area contributed by atoms with Gasteiger partial charge in [0.2, 0.25) is 0 Å². The number of ether oxygens (including phenoxy) is 1. The second-order valence-electron chi connectivity index (χ2n) is 0.942. The van der Waals surface area contributed by atoms with Crippen LogP contribution in [0.3, 0.4) is 0 Å². The maximum atomic E-state index is 9.79. The van der Waals surface area contributed by atoms with E-state index in [1.165, 1.54) is 0 Å². The summed E-state index contributed by atoms with van der Waals surface area (Å²) in [7, 11) is 0. The molecule has 0 aromatic carbocycles. The van der Waals surface area contributed by atoms with Gasteiger partial charge < -0.3 is 4.74 Å². The van der Waals surface area contributed by atoms with Crippen LogP contribution in [0.4, 0.5) is 0 Å². The molecule has 0 spiro atoms. The molecule has 0 aliphatic rings. The van der Waals surface area contributed by atoms with Gasteiger partial charge in [-0.1, -0.05) is 0 Å². The van der Waals surface area contributed by atoms with Crippen molar-refractivity contribution in [1.82, 2.24) is 0 Å². The summed E-state index contributed by atoms with van der Waals surface area (Å²) in [6.45, 7) is -0.776. The molecule has 2 radical (unpaired) electrons. The van der Waals surface area contributed by atoms with Gasteiger partial charge in [0, 0.05) is 0 Å². The molecule has 44 valence electrons. The molecule has 0 atom stereocenters. The molecule has 0 aliphatic heterocycles. The first-order valence-corrected chi connectivity index (χ1v) is 1.94. The third kappa shape index (κ3) is 3.30. The van der Waals surface area contributed by atoms with E-state index in [9.17, 15) is 14.7 Å². The first-order valence-electron chi connectivity index (χ1n) is 1.94. The monoisotopic (exact) mass is 116 g/mol. The standard InChI is InChI=1S/C4H4O4/c5-1-2-8-4(7)3-6/h1-2H2. The lowest BCUT2D eigenvalue weighted by Gasteiger charge is -1.90. The summed E-state index contributed by atoms with van der Waals surface area (Å²) < 4.78 is 3.97. The van der Waals surface area contributed by atoms with Gasteiger partial charge in [-0.05, 0) is 0 Å². The highest BCUT2D eigenvalue weighted by atomic mass is 16.5. The predicted octanol–water partition coefficient (Wildman–Crippen LogP) is -0.930. The van der Waals surface area contributed by atoms with E-state index in [2.05, 4.69) is 4.74 Å². The number of hydrogen-bond donors (Lipinski definition) is 0. The molecule has 8 heavy (non-hydrogen) atoms. The first kappa shape index (κ1) is 7.10. The van der Waals surface area contributed by atoms with Crippen LogP contribution in [0.15, 0.2) is 0 Å². The Morgan fingerprint density at radius 2 is 2.25 bits per heavy atom. The Hall–Kier alpha value is -0.900. The molecule has 0 saturated carbocycles. The van der Waals surface area contributed by atoms with E-state index in [-0.39, 0.29) is 6.61 Å². The van der Waals surface area contributed by atoms with Gasteiger partial charge in [-0.3, -0.25) is 4.79 Å². The van der Waals surface area contributed by atoms with Crippen molar-refractivity contribution in [3.05, 3.63) is 0 Å². The van der Waals surface area contributed by atoms with Crippen molar-refractivity contribution in [1.29, 1.82) is 0 Å². The largest absolute Gasteiger partial charge is 0.457 e. The van der Waals surface area contributed by atoms with Crippen LogP contribution in [0, 0.1) is 0 Å². The van der Waals surface area contributed by atoms with E-state index >= 15 is 0 Å². The van der Waals surface area contributed by atoms with Crippen molar-refractivity contribution in [3.63, 3.8) is 0 Å². The van der Waals surface area contributed by atoms with Crippen LogP contribution < -0.4 is 0 Å². The molecule has 0 aromatic heterocycles. The van der Waals surface area contributed by atoms with Crippen LogP contribution in [-0.4, -0.2) is 25.5 Å². The number of hydrogen-bond acceptors (Lipinski definition) is 3. The maximum absolute atomic E-state index is 9.79. The van der Waals surface area contributed by atoms with Crippen LogP contribution >= 0.6 is 0 Å². The first-order chi connectivity index (χ1) is 3.81. The Balaban J connectivity index is 3.11. The lowest BCUT2D eigenvalue weighted by atomic mass is 10.7. The fraction of sp³-hybridized carbons (Fsp3) is 0.500. The van der Waals surface area contributed by atoms with Crippen molar-refractivity contribution in [2.45, 2.75) is 0 Å². The van der Waals surface area contributed by atoms with Crippen molar-refractivity contribution >= 4 is 12.3 Å². The summed E-state index contributed by atoms with van der Waals surface area (Å²) in [4.78, 5) is 19.1. The van der Waals surface area contributed by atoms with Gasteiger partial charge in [-0.2, -0.15) is 0 Å². The van der Waals surface area contributed by atoms with Crippen LogP contribution in [0.25, 0.3) is 0 Å². The molecular weight excluding hydrogens is 112 g/mol. The summed E-state index contributed by atoms with van der Waals surface area (Å²) in [6, 6.07) is 0. The van der Waals surface area contributed by atoms with E-state index in [1.54, 1.807) is 0 Å². The minimum atomic E-state index is -1.11. The van der Waals surface area contributed by atoms with Crippen molar-refractivity contribution in [2.75, 3.05) is 13.2 Å². The summed E-state index contributed by atoms with van der Waals surface area (Å²) in [5.41, 5.74) is 0. The molecule has 0 saturated heterocycles. The Kier molecular flexibility index (Phi) is 3.78. The zero-order valence-electron chi connectivity index (χ0n) is 4.05. The second kappa shape index (κ2) is 4.26. The van der Waals surface area contributed by atoms with Gasteiger partial charge in [-0.15, -0.1) is 0 Å². The van der Waals surface area contributed by atoms with Crippen LogP contribution in [0.1, 0.15) is 0 Å². The van der Waals surface area contributed by atoms with E-state index in [0.29, 0.717) is 0 Å². The Bertz CT molecular complexity index is 88.0. The van der Waals surface area contributed by atoms with Crippen LogP contribution in [0.5, 0.6) is 0 Å². The molecule has 0 unspecified atom stereocenters. The normalized spacial score (nSPS) is 8.12. The molecule has 0 rings (SSSR count). The van der Waals surface area contributed by atoms with E-state index in [4.69, 9.17) is 0 Å². The molecule has 0 N–H and O–H groups in total. The highest BCUT2D eigenvalue weighted by molar-refractivity contribution is 6.20. The molecule has 0 aliphatic carbocycles. The van der Waals surface area contributed by atoms with Gasteiger partial charge in [-0.25, -0.2) is 9.90 Å². The molecule has 4 nitrogen and oxygen atoms in total. The predicted molar refractivity (Wildman–Crippen MR) is 22.2 cm³/mol. The molecule has 0 heterocycles. The van der Waals surface area contributed by atoms with E-state index < -0.39 is 12.6 Å². The van der Waals surface area contributed by atoms with Gasteiger partial charge in [0.15, 0.2) is 0 Å². The van der Waals surface area contributed by atoms with Crippen LogP contribution in [-0.2, 0) is 19.4 Å². The molecule has 4 heteroatoms. The minimum Gasteiger partial charge on any atom is -0.457 e. The summed E-state index contributed by atoms with van der Waals surface area (Å²) in [5, 5.41) is 9.54. The smallest absolute Gasteiger partial charge is 0.383 e. The number of carbonyl (C=O) groups excluding carboxylic acids is 2. The molecule has 0 amide bonds. The Labute approximate surface area is 46.1 Å². The number of carbonyl (C=O) groups is 1. The number of esters is 1. The van der Waals surface area contributed by atoms with Gasteiger partial charge in [0.05, 0.1) is 0 Å². The average Bonchev–Trinajstić information content (AvgIpc) is 1.83. The van der Waals surface area contributed by atoms with E-state index in [0.717, 1.165) is 6.29 Å². The average molecular weight is 116 g/mol. The lowest BCUT2D eigenvalue weighted by molar-refractivity contribution is -0.137. The summed E-state index contributed by atoms with van der Waals surface area (Å²) in [6.07, 6.45) is 0.950. The fourth-order valence-electron chi connectivity index (χ4n) is 0.164. The zero-order chi connectivity index (χ0) is 6.41. The zero-order valence-corrected chi connectivity index (χ0v) is 4.05. The maximum Gasteiger partial charge on any atom is 0.383 e. The summed E-state index contributed by atoms with van der Waals surface area (Å²) >= 11 is 0. The molecule has 0 fully saturated rings. The van der Waals surface area contributed by atoms with Gasteiger partial charge >= 0.3 is 12.3 Å². The highest BCUT2D eigenvalue weighted by Gasteiger charge is 1.97. The highest BCUT2D eigenvalue weighted by Crippen LogP contribution is 1.70. The lowest BCUT2D eigenvalue weighted by Crippen LogP contribution is -2.07. The quantitative estimate of drug-likeness (QED) is 0.353.